The van der Waals surface area contributed by atoms with Crippen molar-refractivity contribution in [2.45, 2.75) is 19.3 Å². The van der Waals surface area contributed by atoms with Gasteiger partial charge in [-0.05, 0) is 55.7 Å². The van der Waals surface area contributed by atoms with Crippen LogP contribution in [0.15, 0.2) is 60.9 Å². The molecule has 7 heteroatoms. The monoisotopic (exact) mass is 391 g/mol. The number of halogens is 1. The Morgan fingerprint density at radius 1 is 0.897 bits per heavy atom. The number of hydrogen-bond donors (Lipinski definition) is 2. The van der Waals surface area contributed by atoms with Gasteiger partial charge in [0.05, 0.1) is 0 Å². The number of piperidine rings is 1. The first-order chi connectivity index (χ1) is 14.2. The predicted molar refractivity (Wildman–Crippen MR) is 113 cm³/mol. The number of urea groups is 1. The van der Waals surface area contributed by atoms with E-state index >= 15 is 0 Å². The molecule has 1 aliphatic rings. The van der Waals surface area contributed by atoms with E-state index in [1.807, 2.05) is 24.3 Å². The smallest absolute Gasteiger partial charge is 0.323 e. The third-order valence-corrected chi connectivity index (χ3v) is 4.83. The third-order valence-electron chi connectivity index (χ3n) is 4.83. The predicted octanol–water partition coefficient (Wildman–Crippen LogP) is 4.92. The van der Waals surface area contributed by atoms with Crippen LogP contribution in [-0.2, 0) is 0 Å². The van der Waals surface area contributed by atoms with Crippen molar-refractivity contribution in [3.63, 3.8) is 0 Å². The average Bonchev–Trinajstić information content (AvgIpc) is 2.76. The van der Waals surface area contributed by atoms with E-state index in [1.54, 1.807) is 12.4 Å². The van der Waals surface area contributed by atoms with Crippen molar-refractivity contribution in [2.75, 3.05) is 28.6 Å². The van der Waals surface area contributed by atoms with E-state index in [2.05, 4.69) is 25.5 Å². The molecule has 0 unspecified atom stereocenters. The second-order valence-electron chi connectivity index (χ2n) is 6.94. The van der Waals surface area contributed by atoms with Crippen molar-refractivity contribution < 1.29 is 9.18 Å². The van der Waals surface area contributed by atoms with Crippen molar-refractivity contribution in [3.05, 3.63) is 66.7 Å². The molecule has 4 rings (SSSR count). The lowest BCUT2D eigenvalue weighted by Gasteiger charge is -2.28. The zero-order chi connectivity index (χ0) is 20.1. The van der Waals surface area contributed by atoms with E-state index < -0.39 is 6.03 Å². The summed E-state index contributed by atoms with van der Waals surface area (Å²) < 4.78 is 13.0. The van der Waals surface area contributed by atoms with Gasteiger partial charge in [-0.3, -0.25) is 4.98 Å². The molecule has 2 heterocycles. The Labute approximate surface area is 168 Å². The molecule has 2 aromatic carbocycles. The molecule has 148 valence electrons. The molecule has 0 spiro atoms. The normalized spacial score (nSPS) is 13.8. The molecule has 0 atom stereocenters. The van der Waals surface area contributed by atoms with Gasteiger partial charge in [-0.25, -0.2) is 14.2 Å². The Morgan fingerprint density at radius 2 is 1.62 bits per heavy atom. The largest absolute Gasteiger partial charge is 0.355 e. The van der Waals surface area contributed by atoms with Crippen molar-refractivity contribution in [2.24, 2.45) is 0 Å². The summed E-state index contributed by atoms with van der Waals surface area (Å²) >= 11 is 0. The van der Waals surface area contributed by atoms with Crippen LogP contribution >= 0.6 is 0 Å². The van der Waals surface area contributed by atoms with Crippen LogP contribution in [0.4, 0.5) is 26.4 Å². The highest BCUT2D eigenvalue weighted by molar-refractivity contribution is 6.00. The standard InChI is InChI=1S/C22H22FN5O/c23-17-7-9-18(10-8-17)26-22(29)27-19-6-4-5-16(15-19)20-21(25-12-11-24-20)28-13-2-1-3-14-28/h4-12,15H,1-3,13-14H2,(H2,26,27,29). The second kappa shape index (κ2) is 8.68. The van der Waals surface area contributed by atoms with Gasteiger partial charge >= 0.3 is 6.03 Å². The summed E-state index contributed by atoms with van der Waals surface area (Å²) in [4.78, 5) is 23.7. The van der Waals surface area contributed by atoms with E-state index in [4.69, 9.17) is 0 Å². The molecule has 3 aromatic rings. The van der Waals surface area contributed by atoms with E-state index in [9.17, 15) is 9.18 Å². The van der Waals surface area contributed by atoms with Crippen LogP contribution in [0.5, 0.6) is 0 Å². The maximum atomic E-state index is 13.0. The summed E-state index contributed by atoms with van der Waals surface area (Å²) in [5.41, 5.74) is 2.84. The molecule has 2 N–H and O–H groups in total. The molecule has 6 nitrogen and oxygen atoms in total. The van der Waals surface area contributed by atoms with Crippen LogP contribution in [0, 0.1) is 5.82 Å². The fourth-order valence-electron chi connectivity index (χ4n) is 3.44. The number of carbonyl (C=O) groups is 1. The molecular weight excluding hydrogens is 369 g/mol. The summed E-state index contributed by atoms with van der Waals surface area (Å²) in [5, 5.41) is 5.50. The summed E-state index contributed by atoms with van der Waals surface area (Å²) in [6, 6.07) is 12.7. The van der Waals surface area contributed by atoms with E-state index in [1.165, 1.54) is 30.7 Å². The van der Waals surface area contributed by atoms with E-state index in [-0.39, 0.29) is 5.82 Å². The van der Waals surface area contributed by atoms with Gasteiger partial charge in [0.15, 0.2) is 5.82 Å². The van der Waals surface area contributed by atoms with Gasteiger partial charge in [-0.2, -0.15) is 0 Å². The molecule has 29 heavy (non-hydrogen) atoms. The molecule has 1 aliphatic heterocycles. The molecule has 1 saturated heterocycles. The molecule has 0 aliphatic carbocycles. The summed E-state index contributed by atoms with van der Waals surface area (Å²) in [6.45, 7) is 1.95. The number of nitrogens with one attached hydrogen (secondary N) is 2. The third kappa shape index (κ3) is 4.68. The minimum Gasteiger partial charge on any atom is -0.355 e. The van der Waals surface area contributed by atoms with Gasteiger partial charge in [-0.15, -0.1) is 0 Å². The van der Waals surface area contributed by atoms with Crippen LogP contribution in [0.1, 0.15) is 19.3 Å². The van der Waals surface area contributed by atoms with Crippen LogP contribution in [0.3, 0.4) is 0 Å². The lowest BCUT2D eigenvalue weighted by Crippen LogP contribution is -2.30. The number of amides is 2. The lowest BCUT2D eigenvalue weighted by atomic mass is 10.1. The molecular formula is C22H22FN5O. The van der Waals surface area contributed by atoms with Gasteiger partial charge in [-0.1, -0.05) is 12.1 Å². The number of carbonyl (C=O) groups excluding carboxylic acids is 1. The van der Waals surface area contributed by atoms with Crippen LogP contribution in [0.25, 0.3) is 11.3 Å². The van der Waals surface area contributed by atoms with E-state index in [0.717, 1.165) is 43.0 Å². The summed E-state index contributed by atoms with van der Waals surface area (Å²) in [6.07, 6.45) is 6.95. The Morgan fingerprint density at radius 3 is 2.41 bits per heavy atom. The Bertz CT molecular complexity index is 987. The zero-order valence-corrected chi connectivity index (χ0v) is 15.9. The fourth-order valence-corrected chi connectivity index (χ4v) is 3.44. The molecule has 0 saturated carbocycles. The second-order valence-corrected chi connectivity index (χ2v) is 6.94. The van der Waals surface area contributed by atoms with Crippen molar-refractivity contribution in [3.8, 4) is 11.3 Å². The first-order valence-electron chi connectivity index (χ1n) is 9.69. The number of benzene rings is 2. The van der Waals surface area contributed by atoms with Gasteiger partial charge in [0, 0.05) is 42.4 Å². The van der Waals surface area contributed by atoms with Crippen LogP contribution < -0.4 is 15.5 Å². The number of aromatic nitrogens is 2. The van der Waals surface area contributed by atoms with Crippen molar-refractivity contribution in [1.29, 1.82) is 0 Å². The van der Waals surface area contributed by atoms with Crippen LogP contribution in [0.2, 0.25) is 0 Å². The fraction of sp³-hybridized carbons (Fsp3) is 0.227. The maximum absolute atomic E-state index is 13.0. The van der Waals surface area contributed by atoms with E-state index in [0.29, 0.717) is 11.4 Å². The molecule has 1 fully saturated rings. The Balaban J connectivity index is 1.52. The Hall–Kier alpha value is -3.48. The number of nitrogens with zero attached hydrogens (tertiary/aromatic N) is 3. The van der Waals surface area contributed by atoms with Crippen molar-refractivity contribution >= 4 is 23.2 Å². The minimum atomic E-state index is -0.399. The molecule has 1 aromatic heterocycles. The highest BCUT2D eigenvalue weighted by Crippen LogP contribution is 2.30. The highest BCUT2D eigenvalue weighted by atomic mass is 19.1. The minimum absolute atomic E-state index is 0.350. The summed E-state index contributed by atoms with van der Waals surface area (Å²) in [7, 11) is 0. The first-order valence-corrected chi connectivity index (χ1v) is 9.69. The Kier molecular flexibility index (Phi) is 5.65. The van der Waals surface area contributed by atoms with Gasteiger partial charge in [0.2, 0.25) is 0 Å². The number of rotatable bonds is 4. The zero-order valence-electron chi connectivity index (χ0n) is 15.9. The van der Waals surface area contributed by atoms with Gasteiger partial charge in [0.1, 0.15) is 11.5 Å². The van der Waals surface area contributed by atoms with Crippen LogP contribution in [-0.4, -0.2) is 29.1 Å². The average molecular weight is 391 g/mol. The molecule has 2 amide bonds. The first kappa shape index (κ1) is 18.9. The SMILES string of the molecule is O=C(Nc1ccc(F)cc1)Nc1cccc(-c2nccnc2N2CCCCC2)c1. The summed E-state index contributed by atoms with van der Waals surface area (Å²) in [5.74, 6) is 0.525. The number of anilines is 3. The lowest BCUT2D eigenvalue weighted by molar-refractivity contribution is 0.262. The highest BCUT2D eigenvalue weighted by Gasteiger charge is 2.18. The van der Waals surface area contributed by atoms with Gasteiger partial charge < -0.3 is 15.5 Å². The number of hydrogen-bond acceptors (Lipinski definition) is 4. The quantitative estimate of drug-likeness (QED) is 0.662. The molecule has 0 bridgehead atoms. The van der Waals surface area contributed by atoms with Crippen molar-refractivity contribution in [1.82, 2.24) is 9.97 Å². The topological polar surface area (TPSA) is 70.1 Å². The molecule has 0 radical (unpaired) electrons. The van der Waals surface area contributed by atoms with Gasteiger partial charge in [0.25, 0.3) is 0 Å². The maximum Gasteiger partial charge on any atom is 0.323 e.